The van der Waals surface area contributed by atoms with Gasteiger partial charge in [0.1, 0.15) is 0 Å². The summed E-state index contributed by atoms with van der Waals surface area (Å²) in [6.45, 7) is 6.22. The minimum Gasteiger partial charge on any atom is -0.381 e. The molecule has 0 bridgehead atoms. The Labute approximate surface area is 76.7 Å². The average molecular weight is 173 g/mol. The molecule has 0 aliphatic heterocycles. The smallest absolute Gasteiger partial charge is 0.0480 e. The van der Waals surface area contributed by atoms with Crippen molar-refractivity contribution < 1.29 is 4.74 Å². The van der Waals surface area contributed by atoms with Crippen molar-refractivity contribution in [2.45, 2.75) is 45.6 Å². The van der Waals surface area contributed by atoms with E-state index in [0.29, 0.717) is 6.04 Å². The van der Waals surface area contributed by atoms with Crippen LogP contribution in [0.2, 0.25) is 0 Å². The molecule has 0 amide bonds. The fraction of sp³-hybridized carbons (Fsp3) is 1.00. The van der Waals surface area contributed by atoms with Crippen molar-refractivity contribution in [3.63, 3.8) is 0 Å². The van der Waals surface area contributed by atoms with Gasteiger partial charge in [-0.2, -0.15) is 0 Å². The molecule has 0 fully saturated rings. The lowest BCUT2D eigenvalue weighted by Gasteiger charge is -2.09. The van der Waals surface area contributed by atoms with Gasteiger partial charge < -0.3 is 10.1 Å². The highest BCUT2D eigenvalue weighted by Gasteiger charge is 1.96. The van der Waals surface area contributed by atoms with Crippen LogP contribution in [0, 0.1) is 0 Å². The molecule has 0 aliphatic carbocycles. The van der Waals surface area contributed by atoms with Gasteiger partial charge in [0.05, 0.1) is 0 Å². The summed E-state index contributed by atoms with van der Waals surface area (Å²) in [6.07, 6.45) is 4.89. The Kier molecular flexibility index (Phi) is 8.95. The van der Waals surface area contributed by atoms with E-state index in [1.807, 2.05) is 7.05 Å². The van der Waals surface area contributed by atoms with Crippen LogP contribution in [-0.4, -0.2) is 26.3 Å². The van der Waals surface area contributed by atoms with Gasteiger partial charge in [-0.1, -0.05) is 19.8 Å². The Morgan fingerprint density at radius 3 is 2.58 bits per heavy atom. The first-order valence-corrected chi connectivity index (χ1v) is 5.06. The zero-order valence-corrected chi connectivity index (χ0v) is 8.73. The van der Waals surface area contributed by atoms with Gasteiger partial charge in [-0.3, -0.25) is 0 Å². The third kappa shape index (κ3) is 8.02. The molecule has 0 rings (SSSR count). The van der Waals surface area contributed by atoms with Gasteiger partial charge in [0.2, 0.25) is 0 Å². The van der Waals surface area contributed by atoms with E-state index < -0.39 is 0 Å². The van der Waals surface area contributed by atoms with Crippen LogP contribution < -0.4 is 5.32 Å². The topological polar surface area (TPSA) is 21.3 Å². The van der Waals surface area contributed by atoms with Crippen molar-refractivity contribution in [1.29, 1.82) is 0 Å². The standard InChI is InChI=1S/C10H23NO/c1-4-5-6-8-12-9-7-10(2)11-3/h10-11H,4-9H2,1-3H3. The van der Waals surface area contributed by atoms with Crippen LogP contribution in [-0.2, 0) is 4.74 Å². The van der Waals surface area contributed by atoms with Crippen LogP contribution in [0.25, 0.3) is 0 Å². The normalized spacial score (nSPS) is 13.2. The lowest BCUT2D eigenvalue weighted by atomic mass is 10.2. The number of rotatable bonds is 8. The Bertz CT molecular complexity index is 85.9. The van der Waals surface area contributed by atoms with E-state index >= 15 is 0 Å². The molecule has 0 radical (unpaired) electrons. The molecule has 0 spiro atoms. The van der Waals surface area contributed by atoms with Crippen molar-refractivity contribution in [2.75, 3.05) is 20.3 Å². The summed E-state index contributed by atoms with van der Waals surface area (Å²) in [4.78, 5) is 0. The molecule has 2 nitrogen and oxygen atoms in total. The Hall–Kier alpha value is -0.0800. The Morgan fingerprint density at radius 1 is 1.25 bits per heavy atom. The third-order valence-corrected chi connectivity index (χ3v) is 2.08. The molecule has 1 N–H and O–H groups in total. The van der Waals surface area contributed by atoms with Crippen LogP contribution in [0.15, 0.2) is 0 Å². The lowest BCUT2D eigenvalue weighted by Crippen LogP contribution is -2.22. The molecular formula is C10H23NO. The largest absolute Gasteiger partial charge is 0.381 e. The van der Waals surface area contributed by atoms with Gasteiger partial charge in [-0.25, -0.2) is 0 Å². The molecule has 1 atom stereocenters. The van der Waals surface area contributed by atoms with Gasteiger partial charge in [-0.05, 0) is 26.8 Å². The number of hydrogen-bond donors (Lipinski definition) is 1. The summed E-state index contributed by atoms with van der Waals surface area (Å²) in [5.41, 5.74) is 0. The van der Waals surface area contributed by atoms with E-state index in [4.69, 9.17) is 4.74 Å². The molecule has 74 valence electrons. The maximum absolute atomic E-state index is 5.47. The number of unbranched alkanes of at least 4 members (excludes halogenated alkanes) is 2. The predicted molar refractivity (Wildman–Crippen MR) is 53.5 cm³/mol. The van der Waals surface area contributed by atoms with E-state index in [1.165, 1.54) is 19.3 Å². The number of hydrogen-bond acceptors (Lipinski definition) is 2. The molecule has 0 aromatic carbocycles. The molecule has 0 aromatic heterocycles. The van der Waals surface area contributed by atoms with Crippen molar-refractivity contribution in [3.05, 3.63) is 0 Å². The second-order valence-corrected chi connectivity index (χ2v) is 3.30. The maximum atomic E-state index is 5.47. The third-order valence-electron chi connectivity index (χ3n) is 2.08. The molecule has 0 saturated carbocycles. The molecule has 1 unspecified atom stereocenters. The molecule has 2 heteroatoms. The average Bonchev–Trinajstić information content (AvgIpc) is 2.10. The van der Waals surface area contributed by atoms with Gasteiger partial charge in [0.25, 0.3) is 0 Å². The van der Waals surface area contributed by atoms with Gasteiger partial charge in [-0.15, -0.1) is 0 Å². The summed E-state index contributed by atoms with van der Waals surface area (Å²) in [7, 11) is 1.99. The molecule has 0 saturated heterocycles. The van der Waals surface area contributed by atoms with Crippen LogP contribution in [0.4, 0.5) is 0 Å². The summed E-state index contributed by atoms with van der Waals surface area (Å²) in [6, 6.07) is 0.580. The fourth-order valence-electron chi connectivity index (χ4n) is 0.961. The lowest BCUT2D eigenvalue weighted by molar-refractivity contribution is 0.122. The predicted octanol–water partition coefficient (Wildman–Crippen LogP) is 2.19. The van der Waals surface area contributed by atoms with E-state index in [9.17, 15) is 0 Å². The maximum Gasteiger partial charge on any atom is 0.0480 e. The van der Waals surface area contributed by atoms with Crippen molar-refractivity contribution in [2.24, 2.45) is 0 Å². The second-order valence-electron chi connectivity index (χ2n) is 3.30. The summed E-state index contributed by atoms with van der Waals surface area (Å²) >= 11 is 0. The highest BCUT2D eigenvalue weighted by Crippen LogP contribution is 1.96. The number of nitrogens with one attached hydrogen (secondary N) is 1. The van der Waals surface area contributed by atoms with Crippen LogP contribution in [0.1, 0.15) is 39.5 Å². The minimum absolute atomic E-state index is 0.580. The highest BCUT2D eigenvalue weighted by molar-refractivity contribution is 4.54. The monoisotopic (exact) mass is 173 g/mol. The molecule has 0 aromatic rings. The Balaban J connectivity index is 2.90. The van der Waals surface area contributed by atoms with Crippen LogP contribution >= 0.6 is 0 Å². The first-order chi connectivity index (χ1) is 5.81. The van der Waals surface area contributed by atoms with E-state index in [-0.39, 0.29) is 0 Å². The Morgan fingerprint density at radius 2 is 2.00 bits per heavy atom. The zero-order chi connectivity index (χ0) is 9.23. The summed E-state index contributed by atoms with van der Waals surface area (Å²) in [5, 5.41) is 3.19. The first-order valence-electron chi connectivity index (χ1n) is 5.06. The quantitative estimate of drug-likeness (QED) is 0.568. The van der Waals surface area contributed by atoms with Gasteiger partial charge >= 0.3 is 0 Å². The van der Waals surface area contributed by atoms with E-state index in [1.54, 1.807) is 0 Å². The fourth-order valence-corrected chi connectivity index (χ4v) is 0.961. The van der Waals surface area contributed by atoms with Gasteiger partial charge in [0.15, 0.2) is 0 Å². The second kappa shape index (κ2) is 9.01. The van der Waals surface area contributed by atoms with Crippen molar-refractivity contribution in [3.8, 4) is 0 Å². The van der Waals surface area contributed by atoms with Crippen molar-refractivity contribution in [1.82, 2.24) is 5.32 Å². The minimum atomic E-state index is 0.580. The molecular weight excluding hydrogens is 150 g/mol. The van der Waals surface area contributed by atoms with Crippen LogP contribution in [0.3, 0.4) is 0 Å². The van der Waals surface area contributed by atoms with Crippen molar-refractivity contribution >= 4 is 0 Å². The zero-order valence-electron chi connectivity index (χ0n) is 8.73. The van der Waals surface area contributed by atoms with Gasteiger partial charge in [0, 0.05) is 19.3 Å². The van der Waals surface area contributed by atoms with E-state index in [0.717, 1.165) is 19.6 Å². The summed E-state index contributed by atoms with van der Waals surface area (Å²) in [5.74, 6) is 0. The molecule has 12 heavy (non-hydrogen) atoms. The van der Waals surface area contributed by atoms with E-state index in [2.05, 4.69) is 19.2 Å². The molecule has 0 aliphatic rings. The SMILES string of the molecule is CCCCCOCCC(C)NC. The van der Waals surface area contributed by atoms with Crippen LogP contribution in [0.5, 0.6) is 0 Å². The number of ether oxygens (including phenoxy) is 1. The first kappa shape index (κ1) is 11.9. The highest BCUT2D eigenvalue weighted by atomic mass is 16.5. The molecule has 0 heterocycles. The summed E-state index contributed by atoms with van der Waals surface area (Å²) < 4.78 is 5.47.